The number of rotatable bonds is 8. The lowest BCUT2D eigenvalue weighted by Gasteiger charge is -2.26. The van der Waals surface area contributed by atoms with E-state index in [2.05, 4.69) is 25.3 Å². The van der Waals surface area contributed by atoms with Gasteiger partial charge >= 0.3 is 6.11 Å². The lowest BCUT2D eigenvalue weighted by Crippen LogP contribution is -2.36. The van der Waals surface area contributed by atoms with Crippen LogP contribution in [0.1, 0.15) is 36.7 Å². The number of nitrogens with one attached hydrogen (secondary N) is 2. The van der Waals surface area contributed by atoms with Gasteiger partial charge in [0.05, 0.1) is 0 Å². The van der Waals surface area contributed by atoms with Crippen LogP contribution in [0.15, 0.2) is 36.3 Å². The Hall–Kier alpha value is -2.91. The van der Waals surface area contributed by atoms with Crippen molar-refractivity contribution in [3.05, 3.63) is 41.9 Å². The third-order valence-corrected chi connectivity index (χ3v) is 4.51. The Morgan fingerprint density at radius 2 is 2.10 bits per heavy atom. The van der Waals surface area contributed by atoms with E-state index in [-0.39, 0.29) is 30.0 Å². The number of allylic oxidation sites excluding steroid dienone is 3. The molecule has 1 saturated carbocycles. The molecule has 1 aromatic rings. The molecular formula is C19H21F3N4O3. The maximum Gasteiger partial charge on any atom is 0.397 e. The van der Waals surface area contributed by atoms with Gasteiger partial charge in [-0.05, 0) is 25.0 Å². The zero-order valence-electron chi connectivity index (χ0n) is 15.7. The number of alkyl halides is 3. The molecular weight excluding hydrogens is 389 g/mol. The lowest BCUT2D eigenvalue weighted by molar-refractivity contribution is -0.221. The molecule has 2 N–H and O–H groups in total. The number of hydrogen-bond donors (Lipinski definition) is 2. The van der Waals surface area contributed by atoms with Gasteiger partial charge in [0, 0.05) is 31.0 Å². The molecule has 1 heterocycles. The topological polar surface area (TPSA) is 93.2 Å². The van der Waals surface area contributed by atoms with Crippen LogP contribution in [-0.4, -0.2) is 40.6 Å². The van der Waals surface area contributed by atoms with Gasteiger partial charge in [-0.2, -0.15) is 8.78 Å². The predicted molar refractivity (Wildman–Crippen MR) is 97.7 cm³/mol. The summed E-state index contributed by atoms with van der Waals surface area (Å²) in [7, 11) is 0. The molecule has 1 aromatic heterocycles. The van der Waals surface area contributed by atoms with Crippen molar-refractivity contribution < 1.29 is 27.5 Å². The van der Waals surface area contributed by atoms with Crippen molar-refractivity contribution in [1.82, 2.24) is 15.3 Å². The number of hydrogen-bond acceptors (Lipinski definition) is 5. The smallest absolute Gasteiger partial charge is 0.397 e. The van der Waals surface area contributed by atoms with Crippen molar-refractivity contribution >= 4 is 17.8 Å². The van der Waals surface area contributed by atoms with Crippen molar-refractivity contribution in [1.29, 1.82) is 0 Å². The molecule has 0 saturated heterocycles. The van der Waals surface area contributed by atoms with Crippen LogP contribution in [0.25, 0.3) is 0 Å². The van der Waals surface area contributed by atoms with E-state index >= 15 is 0 Å². The Kier molecular flexibility index (Phi) is 6.19. The summed E-state index contributed by atoms with van der Waals surface area (Å²) in [6, 6.07) is 1.35. The fourth-order valence-electron chi connectivity index (χ4n) is 2.60. The monoisotopic (exact) mass is 410 g/mol. The van der Waals surface area contributed by atoms with Crippen LogP contribution in [-0.2, 0) is 9.53 Å². The molecule has 0 spiro atoms. The summed E-state index contributed by atoms with van der Waals surface area (Å²) in [4.78, 5) is 31.9. The highest BCUT2D eigenvalue weighted by molar-refractivity contribution is 5.94. The molecule has 29 heavy (non-hydrogen) atoms. The first kappa shape index (κ1) is 20.8. The summed E-state index contributed by atoms with van der Waals surface area (Å²) >= 11 is 0. The number of carbonyl (C=O) groups excluding carboxylic acids is 2. The minimum atomic E-state index is -3.46. The molecule has 0 aliphatic heterocycles. The third-order valence-electron chi connectivity index (χ3n) is 4.51. The fraction of sp³-hybridized carbons (Fsp3) is 0.474. The van der Waals surface area contributed by atoms with Crippen molar-refractivity contribution in [3.8, 4) is 0 Å². The van der Waals surface area contributed by atoms with Crippen LogP contribution in [0.2, 0.25) is 0 Å². The van der Waals surface area contributed by atoms with Crippen LogP contribution in [0.3, 0.4) is 0 Å². The van der Waals surface area contributed by atoms with E-state index in [4.69, 9.17) is 0 Å². The number of ether oxygens (including phenoxy) is 1. The summed E-state index contributed by atoms with van der Waals surface area (Å²) in [6.07, 6.45) is 1.10. The Labute approximate surface area is 165 Å². The van der Waals surface area contributed by atoms with E-state index in [0.29, 0.717) is 0 Å². The van der Waals surface area contributed by atoms with Gasteiger partial charge in [0.15, 0.2) is 6.17 Å². The summed E-state index contributed by atoms with van der Waals surface area (Å²) in [5, 5.41) is 5.05. The molecule has 0 bridgehead atoms. The van der Waals surface area contributed by atoms with Crippen LogP contribution in [0, 0.1) is 11.8 Å². The van der Waals surface area contributed by atoms with Crippen LogP contribution in [0.4, 0.5) is 19.1 Å². The number of halogens is 3. The Balaban J connectivity index is 1.56. The molecule has 2 unspecified atom stereocenters. The van der Waals surface area contributed by atoms with Gasteiger partial charge in [-0.25, -0.2) is 14.4 Å². The Morgan fingerprint density at radius 1 is 1.34 bits per heavy atom. The van der Waals surface area contributed by atoms with E-state index in [0.717, 1.165) is 18.9 Å². The number of aromatic nitrogens is 2. The fourth-order valence-corrected chi connectivity index (χ4v) is 2.60. The predicted octanol–water partition coefficient (Wildman–Crippen LogP) is 2.98. The van der Waals surface area contributed by atoms with Gasteiger partial charge < -0.3 is 10.1 Å². The molecule has 156 valence electrons. The van der Waals surface area contributed by atoms with Crippen LogP contribution < -0.4 is 10.6 Å². The quantitative estimate of drug-likeness (QED) is 0.687. The SMILES string of the molecule is CCC(F)(F)OC1=CC=CC(CNC(=O)c2ccnc(NC(=O)C3CC3)n2)C1F. The molecule has 10 heteroatoms. The van der Waals surface area contributed by atoms with Gasteiger partial charge in [-0.3, -0.25) is 14.9 Å². The Morgan fingerprint density at radius 3 is 2.79 bits per heavy atom. The molecule has 0 aromatic carbocycles. The lowest BCUT2D eigenvalue weighted by atomic mass is 9.97. The van der Waals surface area contributed by atoms with Crippen molar-refractivity contribution in [2.45, 2.75) is 38.5 Å². The average molecular weight is 410 g/mol. The molecule has 2 aliphatic carbocycles. The summed E-state index contributed by atoms with van der Waals surface area (Å²) in [5.41, 5.74) is -0.00849. The van der Waals surface area contributed by atoms with E-state index in [9.17, 15) is 22.8 Å². The van der Waals surface area contributed by atoms with E-state index in [1.807, 2.05) is 0 Å². The highest BCUT2D eigenvalue weighted by atomic mass is 19.3. The minimum absolute atomic E-state index is 0.00849. The second-order valence-electron chi connectivity index (χ2n) is 6.85. The number of anilines is 1. The first-order valence-corrected chi connectivity index (χ1v) is 9.30. The third kappa shape index (κ3) is 5.55. The van der Waals surface area contributed by atoms with E-state index in [1.54, 1.807) is 0 Å². The van der Waals surface area contributed by atoms with Crippen LogP contribution >= 0.6 is 0 Å². The van der Waals surface area contributed by atoms with Gasteiger partial charge in [-0.1, -0.05) is 19.1 Å². The molecule has 3 rings (SSSR count). The van der Waals surface area contributed by atoms with Crippen molar-refractivity contribution in [2.24, 2.45) is 11.8 Å². The standard InChI is InChI=1S/C19H21F3N4O3/c1-2-19(21,22)29-14-5-3-4-12(15(14)20)10-24-17(28)13-8-9-23-18(25-13)26-16(27)11-6-7-11/h3-5,8-9,11-12,15H,2,6-7,10H2,1H3,(H,24,28)(H,23,25,26,27). The maximum atomic E-state index is 14.5. The van der Waals surface area contributed by atoms with E-state index < -0.39 is 36.3 Å². The largest absolute Gasteiger partial charge is 0.434 e. The zero-order chi connectivity index (χ0) is 21.0. The van der Waals surface area contributed by atoms with Gasteiger partial charge in [-0.15, -0.1) is 0 Å². The minimum Gasteiger partial charge on any atom is -0.434 e. The van der Waals surface area contributed by atoms with Gasteiger partial charge in [0.25, 0.3) is 5.91 Å². The first-order chi connectivity index (χ1) is 13.8. The zero-order valence-corrected chi connectivity index (χ0v) is 15.7. The number of nitrogens with zero attached hydrogens (tertiary/aromatic N) is 2. The number of carbonyl (C=O) groups is 2. The normalized spacial score (nSPS) is 21.3. The highest BCUT2D eigenvalue weighted by Gasteiger charge is 2.35. The molecule has 2 amide bonds. The first-order valence-electron chi connectivity index (χ1n) is 9.30. The molecule has 2 atom stereocenters. The van der Waals surface area contributed by atoms with Crippen molar-refractivity contribution in [3.63, 3.8) is 0 Å². The second-order valence-corrected chi connectivity index (χ2v) is 6.85. The summed E-state index contributed by atoms with van der Waals surface area (Å²) in [6.45, 7) is 1.08. The van der Waals surface area contributed by atoms with Crippen molar-refractivity contribution in [2.75, 3.05) is 11.9 Å². The van der Waals surface area contributed by atoms with Crippen LogP contribution in [0.5, 0.6) is 0 Å². The number of amides is 2. The molecule has 2 aliphatic rings. The van der Waals surface area contributed by atoms with Gasteiger partial charge in [0.2, 0.25) is 11.9 Å². The Bertz CT molecular complexity index is 840. The molecule has 1 fully saturated rings. The average Bonchev–Trinajstić information content (AvgIpc) is 3.54. The highest BCUT2D eigenvalue weighted by Crippen LogP contribution is 2.31. The second kappa shape index (κ2) is 8.62. The summed E-state index contributed by atoms with van der Waals surface area (Å²) < 4.78 is 45.8. The maximum absolute atomic E-state index is 14.5. The van der Waals surface area contributed by atoms with E-state index in [1.165, 1.54) is 31.3 Å². The van der Waals surface area contributed by atoms with Gasteiger partial charge in [0.1, 0.15) is 11.5 Å². The summed E-state index contributed by atoms with van der Waals surface area (Å²) in [5.74, 6) is -2.19. The molecule has 0 radical (unpaired) electrons. The molecule has 7 nitrogen and oxygen atoms in total.